The van der Waals surface area contributed by atoms with Gasteiger partial charge in [0.25, 0.3) is 0 Å². The highest BCUT2D eigenvalue weighted by atomic mass is 32.1. The number of nitrogens with zero attached hydrogens (tertiary/aromatic N) is 1. The molecule has 0 spiro atoms. The molecule has 1 amide bonds. The Hall–Kier alpha value is -1.75. The van der Waals surface area contributed by atoms with Crippen LogP contribution in [0.3, 0.4) is 0 Å². The van der Waals surface area contributed by atoms with Gasteiger partial charge in [-0.05, 0) is 29.5 Å². The molecule has 0 aliphatic rings. The van der Waals surface area contributed by atoms with Gasteiger partial charge in [0.05, 0.1) is 21.3 Å². The van der Waals surface area contributed by atoms with E-state index in [0.29, 0.717) is 18.8 Å². The summed E-state index contributed by atoms with van der Waals surface area (Å²) >= 11 is 1.65. The molecule has 1 heterocycles. The highest BCUT2D eigenvalue weighted by Crippen LogP contribution is 2.26. The monoisotopic (exact) mass is 346 g/mol. The molecule has 0 bridgehead atoms. The van der Waals surface area contributed by atoms with Crippen LogP contribution in [0.2, 0.25) is 0 Å². The first-order valence-electron chi connectivity index (χ1n) is 8.58. The lowest BCUT2D eigenvalue weighted by atomic mass is 10.0. The molecule has 1 N–H and O–H groups in total. The second-order valence-electron chi connectivity index (χ2n) is 6.60. The number of benzene rings is 1. The summed E-state index contributed by atoms with van der Waals surface area (Å²) in [7, 11) is 0. The van der Waals surface area contributed by atoms with E-state index in [-0.39, 0.29) is 11.8 Å². The van der Waals surface area contributed by atoms with Crippen LogP contribution < -0.4 is 5.32 Å². The molecule has 130 valence electrons. The Morgan fingerprint density at radius 2 is 2.08 bits per heavy atom. The van der Waals surface area contributed by atoms with Gasteiger partial charge in [-0.15, -0.1) is 11.3 Å². The van der Waals surface area contributed by atoms with E-state index in [1.807, 2.05) is 13.8 Å². The van der Waals surface area contributed by atoms with Crippen molar-refractivity contribution in [1.29, 1.82) is 0 Å². The van der Waals surface area contributed by atoms with Crippen LogP contribution in [0.4, 0.5) is 0 Å². The van der Waals surface area contributed by atoms with Gasteiger partial charge in [-0.1, -0.05) is 40.2 Å². The van der Waals surface area contributed by atoms with Gasteiger partial charge in [-0.25, -0.2) is 4.98 Å². The predicted molar refractivity (Wildman–Crippen MR) is 99.5 cm³/mol. The Labute approximate surface area is 147 Å². The Morgan fingerprint density at radius 1 is 1.33 bits per heavy atom. The molecule has 24 heavy (non-hydrogen) atoms. The molecule has 0 aliphatic carbocycles. The molecular formula is C19H26N2O2S. The Morgan fingerprint density at radius 3 is 2.71 bits per heavy atom. The van der Waals surface area contributed by atoms with Crippen LogP contribution in [0.5, 0.6) is 0 Å². The fraction of sp³-hybridized carbons (Fsp3) is 0.526. The number of amides is 1. The van der Waals surface area contributed by atoms with Crippen LogP contribution >= 0.6 is 11.3 Å². The van der Waals surface area contributed by atoms with Crippen LogP contribution in [0.1, 0.15) is 57.0 Å². The SMILES string of the molecule is CCC(C)C(C=O)NC(=O)CCc1nc2ccc(C(C)C)cc2s1. The van der Waals surface area contributed by atoms with Crippen LogP contribution in [0, 0.1) is 5.92 Å². The molecule has 2 aromatic rings. The minimum absolute atomic E-state index is 0.0884. The first-order valence-corrected chi connectivity index (χ1v) is 9.40. The van der Waals surface area contributed by atoms with E-state index < -0.39 is 6.04 Å². The van der Waals surface area contributed by atoms with Crippen molar-refractivity contribution in [3.8, 4) is 0 Å². The zero-order chi connectivity index (χ0) is 17.7. The Balaban J connectivity index is 1.97. The predicted octanol–water partition coefficient (Wildman–Crippen LogP) is 4.08. The lowest BCUT2D eigenvalue weighted by Gasteiger charge is -2.18. The summed E-state index contributed by atoms with van der Waals surface area (Å²) in [6, 6.07) is 5.96. The van der Waals surface area contributed by atoms with Crippen molar-refractivity contribution in [2.45, 2.75) is 58.9 Å². The van der Waals surface area contributed by atoms with Crippen molar-refractivity contribution >= 4 is 33.7 Å². The number of hydrogen-bond acceptors (Lipinski definition) is 4. The number of aldehydes is 1. The maximum atomic E-state index is 12.1. The average molecular weight is 346 g/mol. The highest BCUT2D eigenvalue weighted by molar-refractivity contribution is 7.18. The fourth-order valence-electron chi connectivity index (χ4n) is 2.50. The number of carbonyl (C=O) groups excluding carboxylic acids is 2. The standard InChI is InChI=1S/C19H26N2O2S/c1-5-13(4)16(11-22)20-18(23)8-9-19-21-15-7-6-14(12(2)3)10-17(15)24-19/h6-7,10-13,16H,5,8-9H2,1-4H3,(H,20,23). The van der Waals surface area contributed by atoms with Crippen LogP contribution in [-0.4, -0.2) is 23.2 Å². The third kappa shape index (κ3) is 4.63. The summed E-state index contributed by atoms with van der Waals surface area (Å²) in [5.41, 5.74) is 2.29. The van der Waals surface area contributed by atoms with Gasteiger partial charge < -0.3 is 10.1 Å². The maximum absolute atomic E-state index is 12.1. The minimum Gasteiger partial charge on any atom is -0.346 e. The van der Waals surface area contributed by atoms with Crippen molar-refractivity contribution in [3.05, 3.63) is 28.8 Å². The van der Waals surface area contributed by atoms with Gasteiger partial charge in [-0.2, -0.15) is 0 Å². The minimum atomic E-state index is -0.397. The number of fused-ring (bicyclic) bond motifs is 1. The molecule has 0 saturated carbocycles. The number of aryl methyl sites for hydroxylation is 1. The summed E-state index contributed by atoms with van der Waals surface area (Å²) in [6.45, 7) is 8.33. The summed E-state index contributed by atoms with van der Waals surface area (Å²) in [5.74, 6) is 0.560. The summed E-state index contributed by atoms with van der Waals surface area (Å²) in [6.07, 6.45) is 2.66. The topological polar surface area (TPSA) is 59.1 Å². The lowest BCUT2D eigenvalue weighted by molar-refractivity contribution is -0.124. The van der Waals surface area contributed by atoms with E-state index in [2.05, 4.69) is 42.3 Å². The largest absolute Gasteiger partial charge is 0.346 e. The molecule has 0 radical (unpaired) electrons. The summed E-state index contributed by atoms with van der Waals surface area (Å²) in [5, 5.41) is 3.78. The van der Waals surface area contributed by atoms with E-state index in [0.717, 1.165) is 23.2 Å². The second-order valence-corrected chi connectivity index (χ2v) is 7.72. The number of aromatic nitrogens is 1. The van der Waals surface area contributed by atoms with Crippen molar-refractivity contribution < 1.29 is 9.59 Å². The van der Waals surface area contributed by atoms with Crippen molar-refractivity contribution in [3.63, 3.8) is 0 Å². The third-order valence-electron chi connectivity index (χ3n) is 4.42. The normalized spacial score (nSPS) is 13.9. The van der Waals surface area contributed by atoms with E-state index in [1.165, 1.54) is 10.3 Å². The molecule has 5 heteroatoms. The van der Waals surface area contributed by atoms with Gasteiger partial charge in [0.15, 0.2) is 0 Å². The average Bonchev–Trinajstić information content (AvgIpc) is 2.99. The number of nitrogens with one attached hydrogen (secondary N) is 1. The quantitative estimate of drug-likeness (QED) is 0.733. The summed E-state index contributed by atoms with van der Waals surface area (Å²) < 4.78 is 1.17. The highest BCUT2D eigenvalue weighted by Gasteiger charge is 2.17. The van der Waals surface area contributed by atoms with E-state index in [4.69, 9.17) is 0 Å². The molecule has 1 aromatic carbocycles. The lowest BCUT2D eigenvalue weighted by Crippen LogP contribution is -2.40. The molecule has 1 aromatic heterocycles. The van der Waals surface area contributed by atoms with Gasteiger partial charge in [0.1, 0.15) is 6.29 Å². The molecular weight excluding hydrogens is 320 g/mol. The molecule has 0 fully saturated rings. The molecule has 2 unspecified atom stereocenters. The molecule has 2 atom stereocenters. The maximum Gasteiger partial charge on any atom is 0.220 e. The zero-order valence-electron chi connectivity index (χ0n) is 14.8. The van der Waals surface area contributed by atoms with Crippen molar-refractivity contribution in [1.82, 2.24) is 10.3 Å². The first kappa shape index (κ1) is 18.6. The summed E-state index contributed by atoms with van der Waals surface area (Å²) in [4.78, 5) is 27.8. The number of carbonyl (C=O) groups is 2. The van der Waals surface area contributed by atoms with E-state index in [9.17, 15) is 9.59 Å². The van der Waals surface area contributed by atoms with Crippen molar-refractivity contribution in [2.75, 3.05) is 0 Å². The zero-order valence-corrected chi connectivity index (χ0v) is 15.7. The molecule has 2 rings (SSSR count). The van der Waals surface area contributed by atoms with Gasteiger partial charge in [-0.3, -0.25) is 4.79 Å². The smallest absolute Gasteiger partial charge is 0.220 e. The Bertz CT molecular complexity index is 708. The van der Waals surface area contributed by atoms with Gasteiger partial charge >= 0.3 is 0 Å². The molecule has 4 nitrogen and oxygen atoms in total. The fourth-order valence-corrected chi connectivity index (χ4v) is 3.51. The van der Waals surface area contributed by atoms with Crippen LogP contribution in [0.15, 0.2) is 18.2 Å². The second kappa shape index (κ2) is 8.38. The van der Waals surface area contributed by atoms with Crippen molar-refractivity contribution in [2.24, 2.45) is 5.92 Å². The van der Waals surface area contributed by atoms with Gasteiger partial charge in [0.2, 0.25) is 5.91 Å². The van der Waals surface area contributed by atoms with Crippen LogP contribution in [0.25, 0.3) is 10.2 Å². The van der Waals surface area contributed by atoms with Crippen LogP contribution in [-0.2, 0) is 16.0 Å². The van der Waals surface area contributed by atoms with E-state index in [1.54, 1.807) is 11.3 Å². The van der Waals surface area contributed by atoms with E-state index >= 15 is 0 Å². The Kier molecular flexibility index (Phi) is 6.49. The third-order valence-corrected chi connectivity index (χ3v) is 5.50. The number of rotatable bonds is 8. The molecule has 0 saturated heterocycles. The van der Waals surface area contributed by atoms with Gasteiger partial charge in [0, 0.05) is 12.8 Å². The number of hydrogen-bond donors (Lipinski definition) is 1. The number of thiazole rings is 1. The molecule has 0 aliphatic heterocycles. The first-order chi connectivity index (χ1) is 11.4.